The Balaban J connectivity index is 1.13. The van der Waals surface area contributed by atoms with Crippen LogP contribution >= 0.6 is 0 Å². The molecule has 15 heteroatoms. The Morgan fingerprint density at radius 3 is 2.67 bits per heavy atom. The summed E-state index contributed by atoms with van der Waals surface area (Å²) < 4.78 is 42.5. The number of aromatic nitrogens is 6. The Bertz CT molecular complexity index is 1660. The van der Waals surface area contributed by atoms with Gasteiger partial charge in [-0.15, -0.1) is 5.10 Å². The number of hydrogen-bond acceptors (Lipinski definition) is 10. The number of carboxylic acid groups (broad SMARTS) is 1. The number of nitrogens with zero attached hydrogens (tertiary/aromatic N) is 8. The first-order chi connectivity index (χ1) is 18.9. The summed E-state index contributed by atoms with van der Waals surface area (Å²) in [5, 5.41) is 13.1. The van der Waals surface area contributed by atoms with E-state index in [0.717, 1.165) is 6.07 Å². The van der Waals surface area contributed by atoms with Crippen LogP contribution in [-0.2, 0) is 11.3 Å². The SMILES string of the molecule is Nc1nc2c(ncn2CCN2CCN(c3ccc(F)c(OCC(=O)O)c3F)CC2)c2nc(-c3ccco3)nn12. The molecule has 0 unspecified atom stereocenters. The quantitative estimate of drug-likeness (QED) is 0.297. The van der Waals surface area contributed by atoms with Gasteiger partial charge in [0.15, 0.2) is 46.6 Å². The zero-order valence-corrected chi connectivity index (χ0v) is 20.5. The minimum absolute atomic E-state index is 0.169. The van der Waals surface area contributed by atoms with E-state index in [2.05, 4.69) is 25.0 Å². The molecule has 0 bridgehead atoms. The van der Waals surface area contributed by atoms with Gasteiger partial charge in [0.2, 0.25) is 11.8 Å². The minimum atomic E-state index is -1.32. The summed E-state index contributed by atoms with van der Waals surface area (Å²) in [5.41, 5.74) is 7.95. The van der Waals surface area contributed by atoms with Crippen LogP contribution in [0.1, 0.15) is 0 Å². The molecule has 39 heavy (non-hydrogen) atoms. The molecule has 1 aliphatic rings. The average Bonchev–Trinajstić information content (AvgIpc) is 3.68. The normalized spacial score (nSPS) is 14.5. The molecule has 3 N–H and O–H groups in total. The number of piperazine rings is 1. The van der Waals surface area contributed by atoms with Crippen LogP contribution in [0.25, 0.3) is 28.4 Å². The molecular formula is C24H23F2N9O4. The largest absolute Gasteiger partial charge is 0.479 e. The fourth-order valence-electron chi connectivity index (χ4n) is 4.60. The molecule has 1 saturated heterocycles. The number of halogens is 2. The minimum Gasteiger partial charge on any atom is -0.479 e. The van der Waals surface area contributed by atoms with Gasteiger partial charge >= 0.3 is 5.97 Å². The molecule has 0 radical (unpaired) electrons. The molecule has 0 aliphatic carbocycles. The number of imidazole rings is 1. The van der Waals surface area contributed by atoms with Crippen molar-refractivity contribution in [1.29, 1.82) is 0 Å². The lowest BCUT2D eigenvalue weighted by molar-refractivity contribution is -0.139. The average molecular weight is 540 g/mol. The van der Waals surface area contributed by atoms with Crippen molar-refractivity contribution in [3.05, 3.63) is 48.5 Å². The molecule has 0 saturated carbocycles. The third-order valence-corrected chi connectivity index (χ3v) is 6.55. The number of aliphatic carboxylic acids is 1. The molecule has 0 amide bonds. The summed E-state index contributed by atoms with van der Waals surface area (Å²) in [6, 6.07) is 5.92. The number of rotatable bonds is 8. The van der Waals surface area contributed by atoms with E-state index in [-0.39, 0.29) is 11.6 Å². The van der Waals surface area contributed by atoms with Crippen molar-refractivity contribution in [3.63, 3.8) is 0 Å². The number of nitrogens with two attached hydrogens (primary N) is 1. The van der Waals surface area contributed by atoms with E-state index in [4.69, 9.17) is 20.0 Å². The number of anilines is 2. The van der Waals surface area contributed by atoms with Crippen LogP contribution < -0.4 is 15.4 Å². The second kappa shape index (κ2) is 9.83. The molecule has 1 fully saturated rings. The zero-order chi connectivity index (χ0) is 27.1. The fraction of sp³-hybridized carbons (Fsp3) is 0.292. The smallest absolute Gasteiger partial charge is 0.341 e. The second-order valence-electron chi connectivity index (χ2n) is 8.95. The third kappa shape index (κ3) is 4.56. The molecule has 1 aliphatic heterocycles. The van der Waals surface area contributed by atoms with Crippen molar-refractivity contribution in [3.8, 4) is 17.3 Å². The Labute approximate surface area is 219 Å². The van der Waals surface area contributed by atoms with Crippen LogP contribution in [0, 0.1) is 11.6 Å². The summed E-state index contributed by atoms with van der Waals surface area (Å²) >= 11 is 0. The molecule has 202 valence electrons. The van der Waals surface area contributed by atoms with Gasteiger partial charge in [0.1, 0.15) is 0 Å². The van der Waals surface area contributed by atoms with Crippen LogP contribution in [0.4, 0.5) is 20.4 Å². The van der Waals surface area contributed by atoms with E-state index in [1.807, 2.05) is 4.57 Å². The van der Waals surface area contributed by atoms with Crippen molar-refractivity contribution in [2.45, 2.75) is 6.54 Å². The molecule has 0 atom stereocenters. The van der Waals surface area contributed by atoms with Crippen molar-refractivity contribution < 1.29 is 27.8 Å². The van der Waals surface area contributed by atoms with E-state index in [1.54, 1.807) is 23.4 Å². The third-order valence-electron chi connectivity index (χ3n) is 6.55. The maximum Gasteiger partial charge on any atom is 0.341 e. The maximum atomic E-state index is 14.9. The maximum absolute atomic E-state index is 14.9. The van der Waals surface area contributed by atoms with Crippen molar-refractivity contribution >= 4 is 34.4 Å². The Hall–Kier alpha value is -4.79. The van der Waals surface area contributed by atoms with Crippen molar-refractivity contribution in [2.75, 3.05) is 50.0 Å². The van der Waals surface area contributed by atoms with Gasteiger partial charge in [0.05, 0.1) is 18.3 Å². The predicted octanol–water partition coefficient (Wildman–Crippen LogP) is 1.88. The van der Waals surface area contributed by atoms with E-state index in [0.29, 0.717) is 67.7 Å². The highest BCUT2D eigenvalue weighted by molar-refractivity contribution is 5.87. The Kier molecular flexibility index (Phi) is 6.18. The molecule has 0 spiro atoms. The van der Waals surface area contributed by atoms with Gasteiger partial charge in [-0.25, -0.2) is 23.5 Å². The van der Waals surface area contributed by atoms with E-state index < -0.39 is 30.0 Å². The summed E-state index contributed by atoms with van der Waals surface area (Å²) in [5.74, 6) is -2.80. The summed E-state index contributed by atoms with van der Waals surface area (Å²) in [4.78, 5) is 28.3. The monoisotopic (exact) mass is 539 g/mol. The van der Waals surface area contributed by atoms with Gasteiger partial charge < -0.3 is 29.5 Å². The number of benzene rings is 1. The number of furan rings is 1. The van der Waals surface area contributed by atoms with Gasteiger partial charge in [-0.05, 0) is 24.3 Å². The number of fused-ring (bicyclic) bond motifs is 3. The summed E-state index contributed by atoms with van der Waals surface area (Å²) in [6.45, 7) is 2.67. The van der Waals surface area contributed by atoms with E-state index in [9.17, 15) is 13.6 Å². The van der Waals surface area contributed by atoms with Gasteiger partial charge in [-0.2, -0.15) is 9.50 Å². The van der Waals surface area contributed by atoms with Gasteiger partial charge in [-0.1, -0.05) is 0 Å². The van der Waals surface area contributed by atoms with Gasteiger partial charge in [-0.3, -0.25) is 4.90 Å². The summed E-state index contributed by atoms with van der Waals surface area (Å²) in [7, 11) is 0. The molecule has 13 nitrogen and oxygen atoms in total. The van der Waals surface area contributed by atoms with Crippen molar-refractivity contribution in [1.82, 2.24) is 34.0 Å². The molecular weight excluding hydrogens is 516 g/mol. The van der Waals surface area contributed by atoms with Crippen LogP contribution in [-0.4, -0.2) is 84.4 Å². The number of ether oxygens (including phenoxy) is 1. The lowest BCUT2D eigenvalue weighted by Crippen LogP contribution is -2.47. The van der Waals surface area contributed by atoms with Crippen molar-refractivity contribution in [2.24, 2.45) is 0 Å². The molecule has 4 aromatic heterocycles. The van der Waals surface area contributed by atoms with E-state index >= 15 is 0 Å². The van der Waals surface area contributed by atoms with Crippen LogP contribution in [0.3, 0.4) is 0 Å². The molecule has 1 aromatic carbocycles. The highest BCUT2D eigenvalue weighted by Crippen LogP contribution is 2.31. The number of nitrogen functional groups attached to an aromatic ring is 1. The Morgan fingerprint density at radius 2 is 1.92 bits per heavy atom. The highest BCUT2D eigenvalue weighted by Gasteiger charge is 2.24. The molecule has 5 aromatic rings. The second-order valence-corrected chi connectivity index (χ2v) is 8.95. The van der Waals surface area contributed by atoms with Gasteiger partial charge in [0.25, 0.3) is 0 Å². The van der Waals surface area contributed by atoms with Crippen LogP contribution in [0.15, 0.2) is 41.3 Å². The summed E-state index contributed by atoms with van der Waals surface area (Å²) in [6.07, 6.45) is 3.22. The number of hydrogen-bond donors (Lipinski definition) is 2. The molecule has 6 rings (SSSR count). The van der Waals surface area contributed by atoms with E-state index in [1.165, 1.54) is 16.8 Å². The highest BCUT2D eigenvalue weighted by atomic mass is 19.1. The molecule has 5 heterocycles. The first kappa shape index (κ1) is 24.5. The number of carboxylic acids is 1. The standard InChI is InChI=1S/C24H23F2N9O4/c25-14-3-4-15(18(26)20(14)39-12-17(36)37)33-8-5-32(6-9-33)7-10-34-13-28-19-22(34)30-24(27)35-23(19)29-21(31-35)16-2-1-11-38-16/h1-4,11,13H,5-10,12H2,(H2,27,30)(H,36,37). The van der Waals surface area contributed by atoms with Crippen LogP contribution in [0.5, 0.6) is 5.75 Å². The topological polar surface area (TPSA) is 153 Å². The zero-order valence-electron chi connectivity index (χ0n) is 20.5. The Morgan fingerprint density at radius 1 is 1.10 bits per heavy atom. The fourth-order valence-corrected chi connectivity index (χ4v) is 4.60. The predicted molar refractivity (Wildman–Crippen MR) is 134 cm³/mol. The lowest BCUT2D eigenvalue weighted by Gasteiger charge is -2.36. The first-order valence-corrected chi connectivity index (χ1v) is 12.1. The lowest BCUT2D eigenvalue weighted by atomic mass is 10.2. The van der Waals surface area contributed by atoms with Gasteiger partial charge in [0, 0.05) is 39.3 Å². The first-order valence-electron chi connectivity index (χ1n) is 12.1. The van der Waals surface area contributed by atoms with Crippen LogP contribution in [0.2, 0.25) is 0 Å². The number of carbonyl (C=O) groups is 1.